The molecule has 0 fully saturated rings. The molecule has 0 radical (unpaired) electrons. The lowest BCUT2D eigenvalue weighted by Gasteiger charge is -2.34. The Bertz CT molecular complexity index is 3720. The van der Waals surface area contributed by atoms with Crippen LogP contribution in [0.15, 0.2) is 267 Å². The maximum absolute atomic E-state index is 2.50. The van der Waals surface area contributed by atoms with E-state index in [1.54, 1.807) is 0 Å². The average molecular weight is 853 g/mol. The molecule has 2 nitrogen and oxygen atoms in total. The second kappa shape index (κ2) is 15.8. The normalized spacial score (nSPS) is 12.6. The fraction of sp³-hybridized carbons (Fsp3) is 0.0154. The van der Waals surface area contributed by atoms with Crippen LogP contribution >= 0.6 is 0 Å². The quantitative estimate of drug-likeness (QED) is 0.148. The van der Waals surface area contributed by atoms with Crippen LogP contribution in [0.1, 0.15) is 22.3 Å². The van der Waals surface area contributed by atoms with Crippen molar-refractivity contribution in [3.05, 3.63) is 289 Å². The molecular weight excluding hydrogens is 809 g/mol. The Morgan fingerprint density at radius 3 is 1.63 bits per heavy atom. The van der Waals surface area contributed by atoms with Gasteiger partial charge in [0.15, 0.2) is 0 Å². The average Bonchev–Trinajstić information content (AvgIpc) is 3.92. The molecule has 2 heteroatoms. The van der Waals surface area contributed by atoms with Crippen molar-refractivity contribution in [1.29, 1.82) is 0 Å². The number of para-hydroxylation sites is 1. The van der Waals surface area contributed by atoms with Crippen molar-refractivity contribution in [2.24, 2.45) is 0 Å². The number of hydrogen-bond acceptors (Lipinski definition) is 1. The third-order valence-corrected chi connectivity index (χ3v) is 14.0. The number of aromatic nitrogens is 1. The Morgan fingerprint density at radius 1 is 0.358 bits per heavy atom. The summed E-state index contributed by atoms with van der Waals surface area (Å²) in [5.74, 6) is 0. The van der Waals surface area contributed by atoms with Gasteiger partial charge in [0.05, 0.1) is 22.1 Å². The highest BCUT2D eigenvalue weighted by molar-refractivity contribution is 6.24. The molecule has 13 rings (SSSR count). The number of hydrogen-bond donors (Lipinski definition) is 0. The number of anilines is 3. The molecule has 0 atom stereocenters. The van der Waals surface area contributed by atoms with E-state index in [1.807, 2.05) is 0 Å². The lowest BCUT2D eigenvalue weighted by atomic mass is 9.68. The number of rotatable bonds is 8. The van der Waals surface area contributed by atoms with Crippen LogP contribution in [-0.2, 0) is 5.41 Å². The smallest absolute Gasteiger partial charge is 0.0714 e. The molecule has 1 aliphatic carbocycles. The first kappa shape index (κ1) is 38.7. The van der Waals surface area contributed by atoms with E-state index in [9.17, 15) is 0 Å². The molecule has 0 saturated carbocycles. The summed E-state index contributed by atoms with van der Waals surface area (Å²) in [5, 5.41) is 4.86. The molecule has 0 bridgehead atoms. The minimum absolute atomic E-state index is 0.522. The molecule has 1 heterocycles. The maximum atomic E-state index is 2.50. The summed E-state index contributed by atoms with van der Waals surface area (Å²) in [6, 6.07) is 98.1. The topological polar surface area (TPSA) is 8.17 Å². The van der Waals surface area contributed by atoms with Crippen LogP contribution in [0.3, 0.4) is 0 Å². The van der Waals surface area contributed by atoms with E-state index in [4.69, 9.17) is 0 Å². The molecule has 11 aromatic carbocycles. The summed E-state index contributed by atoms with van der Waals surface area (Å²) >= 11 is 0. The molecule has 0 saturated heterocycles. The fourth-order valence-electron chi connectivity index (χ4n) is 11.2. The zero-order valence-corrected chi connectivity index (χ0v) is 36.8. The van der Waals surface area contributed by atoms with Crippen molar-refractivity contribution >= 4 is 49.6 Å². The Labute approximate surface area is 390 Å². The van der Waals surface area contributed by atoms with E-state index >= 15 is 0 Å². The van der Waals surface area contributed by atoms with Crippen molar-refractivity contribution in [3.8, 4) is 39.1 Å². The first-order valence-corrected chi connectivity index (χ1v) is 23.2. The van der Waals surface area contributed by atoms with Gasteiger partial charge in [0, 0.05) is 38.8 Å². The summed E-state index contributed by atoms with van der Waals surface area (Å²) in [7, 11) is 0. The summed E-state index contributed by atoms with van der Waals surface area (Å²) in [5.41, 5.74) is 18.7. The van der Waals surface area contributed by atoms with Gasteiger partial charge in [-0.1, -0.05) is 212 Å². The molecule has 1 aromatic heterocycles. The van der Waals surface area contributed by atoms with Gasteiger partial charge in [-0.2, -0.15) is 0 Å². The van der Waals surface area contributed by atoms with Gasteiger partial charge in [0.1, 0.15) is 0 Å². The molecule has 12 aromatic rings. The molecule has 0 amide bonds. The van der Waals surface area contributed by atoms with Crippen LogP contribution in [0.25, 0.3) is 71.6 Å². The van der Waals surface area contributed by atoms with Gasteiger partial charge in [-0.05, 0) is 110 Å². The molecule has 314 valence electrons. The molecule has 0 spiro atoms. The number of fused-ring (bicyclic) bond motifs is 8. The van der Waals surface area contributed by atoms with Crippen molar-refractivity contribution in [2.45, 2.75) is 5.41 Å². The second-order valence-electron chi connectivity index (χ2n) is 17.6. The van der Waals surface area contributed by atoms with Crippen molar-refractivity contribution in [1.82, 2.24) is 4.57 Å². The van der Waals surface area contributed by atoms with Gasteiger partial charge in [-0.3, -0.25) is 0 Å². The van der Waals surface area contributed by atoms with E-state index in [1.165, 1.54) is 82.7 Å². The van der Waals surface area contributed by atoms with Crippen LogP contribution in [0, 0.1) is 0 Å². The number of benzene rings is 11. The van der Waals surface area contributed by atoms with Crippen LogP contribution < -0.4 is 4.90 Å². The number of nitrogens with zero attached hydrogens (tertiary/aromatic N) is 2. The van der Waals surface area contributed by atoms with Crippen LogP contribution in [0.2, 0.25) is 0 Å². The summed E-state index contributed by atoms with van der Waals surface area (Å²) in [4.78, 5) is 2.49. The first-order valence-electron chi connectivity index (χ1n) is 23.2. The Balaban J connectivity index is 1.11. The third kappa shape index (κ3) is 6.04. The highest BCUT2D eigenvalue weighted by Crippen LogP contribution is 2.59. The lowest BCUT2D eigenvalue weighted by molar-refractivity contribution is 0.768. The molecule has 0 aliphatic heterocycles. The minimum Gasteiger partial charge on any atom is -0.310 e. The Morgan fingerprint density at radius 2 is 0.925 bits per heavy atom. The molecule has 1 aliphatic rings. The zero-order chi connectivity index (χ0) is 44.3. The third-order valence-electron chi connectivity index (χ3n) is 14.0. The first-order chi connectivity index (χ1) is 33.3. The van der Waals surface area contributed by atoms with Crippen molar-refractivity contribution in [2.75, 3.05) is 4.90 Å². The monoisotopic (exact) mass is 852 g/mol. The van der Waals surface area contributed by atoms with Gasteiger partial charge >= 0.3 is 0 Å². The second-order valence-corrected chi connectivity index (χ2v) is 17.6. The van der Waals surface area contributed by atoms with Gasteiger partial charge in [0.2, 0.25) is 0 Å². The Hall–Kier alpha value is -8.72. The van der Waals surface area contributed by atoms with Gasteiger partial charge < -0.3 is 9.47 Å². The molecular formula is C65H44N2. The van der Waals surface area contributed by atoms with Crippen LogP contribution in [-0.4, -0.2) is 4.57 Å². The SMILES string of the molecule is c1ccc(-c2ccc(-n3c4ccc(N(c5ccccc5)c5cccc6c5-c5ccccc5C6(c5ccccc5)c5ccccc5)cc4c4c(-c5ccccc5)cc5ccccc5c43)cc2)cc1. The van der Waals surface area contributed by atoms with E-state index < -0.39 is 5.41 Å². The van der Waals surface area contributed by atoms with Crippen molar-refractivity contribution < 1.29 is 0 Å². The Kier molecular flexibility index (Phi) is 9.11. The molecule has 0 N–H and O–H groups in total. The largest absolute Gasteiger partial charge is 0.310 e. The van der Waals surface area contributed by atoms with Gasteiger partial charge in [0.25, 0.3) is 0 Å². The van der Waals surface area contributed by atoms with E-state index in [0.29, 0.717) is 0 Å². The highest BCUT2D eigenvalue weighted by atomic mass is 15.1. The van der Waals surface area contributed by atoms with E-state index in [2.05, 4.69) is 276 Å². The standard InChI is InChI=1S/C65H44N2/c1-6-21-45(22-7-1)46-37-39-52(40-38-46)67-60-42-41-53(44-57(60)62-56(47-23-8-2-9-24-47)43-48-25-16-17-32-54(48)64(62)67)66(51-30-14-5-15-31-51)61-36-20-35-59-63(61)55-33-18-19-34-58(55)65(59,49-26-10-3-11-27-49)50-28-12-4-13-29-50/h1-44H. The fourth-order valence-corrected chi connectivity index (χ4v) is 11.2. The van der Waals surface area contributed by atoms with Crippen LogP contribution in [0.5, 0.6) is 0 Å². The molecule has 0 unspecified atom stereocenters. The maximum Gasteiger partial charge on any atom is 0.0714 e. The highest BCUT2D eigenvalue weighted by Gasteiger charge is 2.47. The predicted octanol–water partition coefficient (Wildman–Crippen LogP) is 17.1. The van der Waals surface area contributed by atoms with Gasteiger partial charge in [-0.15, -0.1) is 0 Å². The zero-order valence-electron chi connectivity index (χ0n) is 36.8. The van der Waals surface area contributed by atoms with E-state index in [-0.39, 0.29) is 0 Å². The summed E-state index contributed by atoms with van der Waals surface area (Å²) in [6.45, 7) is 0. The van der Waals surface area contributed by atoms with Gasteiger partial charge in [-0.25, -0.2) is 0 Å². The summed E-state index contributed by atoms with van der Waals surface area (Å²) in [6.07, 6.45) is 0. The summed E-state index contributed by atoms with van der Waals surface area (Å²) < 4.78 is 2.50. The van der Waals surface area contributed by atoms with E-state index in [0.717, 1.165) is 28.3 Å². The van der Waals surface area contributed by atoms with Crippen LogP contribution in [0.4, 0.5) is 17.1 Å². The molecule has 67 heavy (non-hydrogen) atoms. The predicted molar refractivity (Wildman–Crippen MR) is 281 cm³/mol. The van der Waals surface area contributed by atoms with Crippen molar-refractivity contribution in [3.63, 3.8) is 0 Å². The lowest BCUT2D eigenvalue weighted by Crippen LogP contribution is -2.28. The minimum atomic E-state index is -0.522.